The summed E-state index contributed by atoms with van der Waals surface area (Å²) >= 11 is 0. The Morgan fingerprint density at radius 3 is 2.24 bits per heavy atom. The van der Waals surface area contributed by atoms with Gasteiger partial charge in [-0.15, -0.1) is 0 Å². The van der Waals surface area contributed by atoms with E-state index in [0.717, 1.165) is 11.1 Å². The van der Waals surface area contributed by atoms with Crippen molar-refractivity contribution < 1.29 is 24.2 Å². The molecule has 2 amide bonds. The number of ether oxygens (including phenoxy) is 1. The normalized spacial score (nSPS) is 20.1. The largest absolute Gasteiger partial charge is 0.481 e. The summed E-state index contributed by atoms with van der Waals surface area (Å²) in [6.07, 6.45) is -0.0386. The molecule has 7 heteroatoms. The van der Waals surface area contributed by atoms with E-state index < -0.39 is 18.0 Å². The number of carboxylic acid groups (broad SMARTS) is 1. The summed E-state index contributed by atoms with van der Waals surface area (Å²) < 4.78 is 5.53. The number of alkyl carbamates (subject to hydrolysis) is 1. The minimum absolute atomic E-state index is 0.00277. The van der Waals surface area contributed by atoms with E-state index in [1.807, 2.05) is 31.2 Å². The molecule has 0 aromatic heterocycles. The highest BCUT2D eigenvalue weighted by Gasteiger charge is 2.38. The van der Waals surface area contributed by atoms with Crippen LogP contribution in [0.15, 0.2) is 48.5 Å². The molecule has 3 atom stereocenters. The molecule has 2 aromatic rings. The van der Waals surface area contributed by atoms with Gasteiger partial charge in [0.15, 0.2) is 0 Å². The van der Waals surface area contributed by atoms with Crippen molar-refractivity contribution >= 4 is 18.0 Å². The zero-order valence-electron chi connectivity index (χ0n) is 19.0. The number of nitrogens with one attached hydrogen (secondary N) is 1. The molecule has 1 heterocycles. The summed E-state index contributed by atoms with van der Waals surface area (Å²) in [6, 6.07) is 16.3. The summed E-state index contributed by atoms with van der Waals surface area (Å²) in [7, 11) is 0. The number of carbonyl (C=O) groups is 3. The molecule has 0 saturated carbocycles. The fourth-order valence-electron chi connectivity index (χ4n) is 4.94. The van der Waals surface area contributed by atoms with Crippen molar-refractivity contribution in [1.82, 2.24) is 10.2 Å². The van der Waals surface area contributed by atoms with E-state index in [2.05, 4.69) is 29.6 Å². The summed E-state index contributed by atoms with van der Waals surface area (Å²) in [6.45, 7) is 4.93. The SMILES string of the molecule is CC(CCNC(=O)OCC1c2ccccc2-c2ccccc21)C(=O)N1C[C@@H](C)[C@H](C(=O)O)C1. The third-order valence-electron chi connectivity index (χ3n) is 6.85. The number of rotatable bonds is 7. The van der Waals surface area contributed by atoms with Crippen LogP contribution in [0.2, 0.25) is 0 Å². The molecular weight excluding hydrogens is 420 g/mol. The van der Waals surface area contributed by atoms with Crippen LogP contribution in [0.3, 0.4) is 0 Å². The van der Waals surface area contributed by atoms with Gasteiger partial charge in [0, 0.05) is 31.5 Å². The maximum Gasteiger partial charge on any atom is 0.407 e. The second-order valence-electron chi connectivity index (χ2n) is 9.11. The Balaban J connectivity index is 1.24. The Labute approximate surface area is 193 Å². The van der Waals surface area contributed by atoms with Crippen LogP contribution in [0, 0.1) is 17.8 Å². The smallest absolute Gasteiger partial charge is 0.407 e. The first-order valence-corrected chi connectivity index (χ1v) is 11.5. The molecule has 4 rings (SSSR count). The number of likely N-dealkylation sites (tertiary alicyclic amines) is 1. The third kappa shape index (κ3) is 4.72. The van der Waals surface area contributed by atoms with E-state index in [9.17, 15) is 19.5 Å². The highest BCUT2D eigenvalue weighted by Crippen LogP contribution is 2.44. The molecule has 1 saturated heterocycles. The molecule has 0 bridgehead atoms. The van der Waals surface area contributed by atoms with Gasteiger partial charge in [-0.2, -0.15) is 0 Å². The van der Waals surface area contributed by atoms with Crippen molar-refractivity contribution in [2.75, 3.05) is 26.2 Å². The zero-order valence-corrected chi connectivity index (χ0v) is 19.0. The highest BCUT2D eigenvalue weighted by atomic mass is 16.5. The van der Waals surface area contributed by atoms with Crippen molar-refractivity contribution in [2.45, 2.75) is 26.2 Å². The van der Waals surface area contributed by atoms with Gasteiger partial charge in [-0.25, -0.2) is 4.79 Å². The number of fused-ring (bicyclic) bond motifs is 3. The summed E-state index contributed by atoms with van der Waals surface area (Å²) in [5, 5.41) is 12.0. The van der Waals surface area contributed by atoms with Crippen molar-refractivity contribution in [3.63, 3.8) is 0 Å². The van der Waals surface area contributed by atoms with Gasteiger partial charge in [0.25, 0.3) is 0 Å². The van der Waals surface area contributed by atoms with Gasteiger partial charge < -0.3 is 20.1 Å². The molecule has 33 heavy (non-hydrogen) atoms. The van der Waals surface area contributed by atoms with Crippen molar-refractivity contribution in [1.29, 1.82) is 0 Å². The lowest BCUT2D eigenvalue weighted by molar-refractivity contribution is -0.142. The molecule has 7 nitrogen and oxygen atoms in total. The second kappa shape index (κ2) is 9.65. The number of amides is 2. The van der Waals surface area contributed by atoms with E-state index in [1.165, 1.54) is 11.1 Å². The Morgan fingerprint density at radius 1 is 1.06 bits per heavy atom. The molecular formula is C26H30N2O5. The lowest BCUT2D eigenvalue weighted by atomic mass is 9.98. The average molecular weight is 451 g/mol. The van der Waals surface area contributed by atoms with Crippen LogP contribution in [-0.4, -0.2) is 54.2 Å². The molecule has 1 fully saturated rings. The predicted octanol–water partition coefficient (Wildman–Crippen LogP) is 3.73. The lowest BCUT2D eigenvalue weighted by Gasteiger charge is -2.21. The molecule has 1 aliphatic heterocycles. The van der Waals surface area contributed by atoms with Gasteiger partial charge in [-0.1, -0.05) is 62.4 Å². The van der Waals surface area contributed by atoms with Gasteiger partial charge >= 0.3 is 12.1 Å². The van der Waals surface area contributed by atoms with E-state index in [4.69, 9.17) is 4.74 Å². The summed E-state index contributed by atoms with van der Waals surface area (Å²) in [5.74, 6) is -1.80. The molecule has 0 radical (unpaired) electrons. The van der Waals surface area contributed by atoms with Crippen LogP contribution in [0.5, 0.6) is 0 Å². The van der Waals surface area contributed by atoms with Crippen LogP contribution >= 0.6 is 0 Å². The second-order valence-corrected chi connectivity index (χ2v) is 9.11. The standard InChI is InChI=1S/C26H30N2O5/c1-16(24(29)28-13-17(2)22(14-28)25(30)31)11-12-27-26(32)33-15-23-20-9-5-3-7-18(20)19-8-4-6-10-21(19)23/h3-10,16-17,22-23H,11-15H2,1-2H3,(H,27,32)(H,30,31)/t16?,17-,22-/m1/s1. The first-order chi connectivity index (χ1) is 15.9. The molecule has 2 aromatic carbocycles. The zero-order chi connectivity index (χ0) is 23.5. The predicted molar refractivity (Wildman–Crippen MR) is 124 cm³/mol. The fraction of sp³-hybridized carbons (Fsp3) is 0.423. The van der Waals surface area contributed by atoms with Gasteiger partial charge in [-0.3, -0.25) is 9.59 Å². The number of aliphatic carboxylic acids is 1. The Bertz CT molecular complexity index is 1010. The minimum Gasteiger partial charge on any atom is -0.481 e. The quantitative estimate of drug-likeness (QED) is 0.670. The lowest BCUT2D eigenvalue weighted by Crippen LogP contribution is -2.36. The van der Waals surface area contributed by atoms with Gasteiger partial charge in [0.05, 0.1) is 5.92 Å². The number of hydrogen-bond acceptors (Lipinski definition) is 4. The first kappa shape index (κ1) is 22.8. The molecule has 0 spiro atoms. The maximum atomic E-state index is 12.7. The molecule has 2 aliphatic rings. The topological polar surface area (TPSA) is 95.9 Å². The number of carbonyl (C=O) groups excluding carboxylic acids is 2. The van der Waals surface area contributed by atoms with Crippen LogP contribution < -0.4 is 5.32 Å². The number of nitrogens with zero attached hydrogens (tertiary/aromatic N) is 1. The fourth-order valence-corrected chi connectivity index (χ4v) is 4.94. The van der Waals surface area contributed by atoms with Crippen molar-refractivity contribution in [3.05, 3.63) is 59.7 Å². The first-order valence-electron chi connectivity index (χ1n) is 11.5. The van der Waals surface area contributed by atoms with Crippen LogP contribution in [0.25, 0.3) is 11.1 Å². The minimum atomic E-state index is -0.859. The molecule has 1 aliphatic carbocycles. The van der Waals surface area contributed by atoms with Gasteiger partial charge in [-0.05, 0) is 34.6 Å². The Kier molecular flexibility index (Phi) is 6.67. The number of carboxylic acids is 1. The molecule has 174 valence electrons. The number of benzene rings is 2. The van der Waals surface area contributed by atoms with E-state index in [0.29, 0.717) is 19.5 Å². The van der Waals surface area contributed by atoms with E-state index >= 15 is 0 Å². The Morgan fingerprint density at radius 2 is 1.67 bits per heavy atom. The van der Waals surface area contributed by atoms with Crippen LogP contribution in [-0.2, 0) is 14.3 Å². The molecule has 1 unspecified atom stereocenters. The van der Waals surface area contributed by atoms with E-state index in [1.54, 1.807) is 11.8 Å². The van der Waals surface area contributed by atoms with Crippen LogP contribution in [0.1, 0.15) is 37.3 Å². The monoisotopic (exact) mass is 450 g/mol. The summed E-state index contributed by atoms with van der Waals surface area (Å²) in [4.78, 5) is 37.9. The van der Waals surface area contributed by atoms with E-state index in [-0.39, 0.29) is 36.8 Å². The molecule has 2 N–H and O–H groups in total. The Hall–Kier alpha value is -3.35. The summed E-state index contributed by atoms with van der Waals surface area (Å²) in [5.41, 5.74) is 4.67. The van der Waals surface area contributed by atoms with Gasteiger partial charge in [0.1, 0.15) is 6.61 Å². The number of hydrogen-bond donors (Lipinski definition) is 2. The third-order valence-corrected chi connectivity index (χ3v) is 6.85. The highest BCUT2D eigenvalue weighted by molar-refractivity contribution is 5.81. The average Bonchev–Trinajstić information content (AvgIpc) is 3.35. The maximum absolute atomic E-state index is 12.7. The van der Waals surface area contributed by atoms with Crippen molar-refractivity contribution in [2.24, 2.45) is 17.8 Å². The van der Waals surface area contributed by atoms with Crippen molar-refractivity contribution in [3.8, 4) is 11.1 Å². The van der Waals surface area contributed by atoms with Gasteiger partial charge in [0.2, 0.25) is 5.91 Å². The van der Waals surface area contributed by atoms with Crippen LogP contribution in [0.4, 0.5) is 4.79 Å².